The molecule has 1 aliphatic heterocycles. The lowest BCUT2D eigenvalue weighted by molar-refractivity contribution is 0.0378. The fourth-order valence-corrected chi connectivity index (χ4v) is 3.72. The zero-order valence-electron chi connectivity index (χ0n) is 17.7. The van der Waals surface area contributed by atoms with E-state index in [2.05, 4.69) is 15.2 Å². The van der Waals surface area contributed by atoms with Gasteiger partial charge in [0.2, 0.25) is 0 Å². The van der Waals surface area contributed by atoms with E-state index in [1.54, 1.807) is 7.11 Å². The summed E-state index contributed by atoms with van der Waals surface area (Å²) in [4.78, 5) is 11.9. The van der Waals surface area contributed by atoms with E-state index < -0.39 is 0 Å². The molecule has 6 nitrogen and oxygen atoms in total. The molecule has 2 aromatic carbocycles. The molecular weight excluding hydrogens is 412 g/mol. The number of methoxy groups -OCH3 is 1. The van der Waals surface area contributed by atoms with Crippen molar-refractivity contribution in [3.63, 3.8) is 0 Å². The first-order valence-electron chi connectivity index (χ1n) is 10.5. The third kappa shape index (κ3) is 5.94. The molecule has 1 aliphatic rings. The number of hydrogen-bond acceptors (Lipinski definition) is 6. The Morgan fingerprint density at radius 1 is 1.10 bits per heavy atom. The van der Waals surface area contributed by atoms with E-state index in [1.165, 1.54) is 0 Å². The second-order valence-electron chi connectivity index (χ2n) is 7.43. The lowest BCUT2D eigenvalue weighted by Gasteiger charge is -2.26. The van der Waals surface area contributed by atoms with Crippen molar-refractivity contribution < 1.29 is 9.47 Å². The number of nitrogens with one attached hydrogen (secondary N) is 1. The van der Waals surface area contributed by atoms with Crippen molar-refractivity contribution in [2.24, 2.45) is 0 Å². The van der Waals surface area contributed by atoms with Gasteiger partial charge in [-0.1, -0.05) is 29.8 Å². The monoisotopic (exact) mass is 438 g/mol. The fraction of sp³-hybridized carbons (Fsp3) is 0.333. The SMILES string of the molecule is COc1ccc(/C=C/c2nc(NCCCN3CCOCC3)c3ccc(Cl)cc3n2)cc1. The maximum absolute atomic E-state index is 6.21. The summed E-state index contributed by atoms with van der Waals surface area (Å²) in [6.45, 7) is 5.57. The predicted octanol–water partition coefficient (Wildman–Crippen LogP) is 4.60. The summed E-state index contributed by atoms with van der Waals surface area (Å²) in [5.74, 6) is 2.30. The minimum atomic E-state index is 0.640. The zero-order chi connectivity index (χ0) is 21.5. The Kier molecular flexibility index (Phi) is 7.35. The molecule has 1 saturated heterocycles. The second-order valence-corrected chi connectivity index (χ2v) is 7.87. The van der Waals surface area contributed by atoms with Crippen molar-refractivity contribution in [2.45, 2.75) is 6.42 Å². The van der Waals surface area contributed by atoms with Crippen molar-refractivity contribution in [1.82, 2.24) is 14.9 Å². The summed E-state index contributed by atoms with van der Waals surface area (Å²) in [7, 11) is 1.66. The summed E-state index contributed by atoms with van der Waals surface area (Å²) in [5.41, 5.74) is 1.88. The normalized spacial score (nSPS) is 14.9. The fourth-order valence-electron chi connectivity index (χ4n) is 3.55. The van der Waals surface area contributed by atoms with E-state index in [1.807, 2.05) is 54.6 Å². The molecule has 0 unspecified atom stereocenters. The standard InChI is InChI=1S/C24H27ClN4O2/c1-30-20-7-3-18(4-8-20)5-10-23-27-22-17-19(25)6-9-21(22)24(28-23)26-11-2-12-29-13-15-31-16-14-29/h3-10,17H,2,11-16H2,1H3,(H,26,27,28)/b10-5+. The number of benzene rings is 2. The molecule has 31 heavy (non-hydrogen) atoms. The van der Waals surface area contributed by atoms with E-state index in [4.69, 9.17) is 26.1 Å². The predicted molar refractivity (Wildman–Crippen MR) is 127 cm³/mol. The minimum absolute atomic E-state index is 0.640. The van der Waals surface area contributed by atoms with Gasteiger partial charge in [0.05, 0.1) is 25.8 Å². The summed E-state index contributed by atoms with van der Waals surface area (Å²) in [6, 6.07) is 13.6. The Bertz CT molecular complexity index is 1030. The Morgan fingerprint density at radius 3 is 2.68 bits per heavy atom. The Balaban J connectivity index is 1.48. The zero-order valence-corrected chi connectivity index (χ0v) is 18.4. The summed E-state index contributed by atoms with van der Waals surface area (Å²) >= 11 is 6.21. The molecule has 0 aliphatic carbocycles. The molecule has 2 heterocycles. The molecule has 0 atom stereocenters. The lowest BCUT2D eigenvalue weighted by Crippen LogP contribution is -2.37. The first-order chi connectivity index (χ1) is 15.2. The Labute approximate surface area is 187 Å². The van der Waals surface area contributed by atoms with E-state index in [-0.39, 0.29) is 0 Å². The van der Waals surface area contributed by atoms with Gasteiger partial charge in [-0.05, 0) is 54.9 Å². The molecule has 1 fully saturated rings. The average Bonchev–Trinajstić information content (AvgIpc) is 2.81. The highest BCUT2D eigenvalue weighted by atomic mass is 35.5. The van der Waals surface area contributed by atoms with Crippen LogP contribution in [0.1, 0.15) is 17.8 Å². The van der Waals surface area contributed by atoms with E-state index in [0.717, 1.165) is 73.8 Å². The highest BCUT2D eigenvalue weighted by Crippen LogP contribution is 2.24. The van der Waals surface area contributed by atoms with E-state index >= 15 is 0 Å². The summed E-state index contributed by atoms with van der Waals surface area (Å²) < 4.78 is 10.6. The van der Waals surface area contributed by atoms with Gasteiger partial charge in [-0.2, -0.15) is 0 Å². The maximum atomic E-state index is 6.21. The van der Waals surface area contributed by atoms with Crippen LogP contribution < -0.4 is 10.1 Å². The first-order valence-corrected chi connectivity index (χ1v) is 10.9. The van der Waals surface area contributed by atoms with E-state index in [0.29, 0.717) is 10.8 Å². The lowest BCUT2D eigenvalue weighted by atomic mass is 10.2. The topological polar surface area (TPSA) is 59.5 Å². The van der Waals surface area contributed by atoms with Crippen LogP contribution in [0.3, 0.4) is 0 Å². The summed E-state index contributed by atoms with van der Waals surface area (Å²) in [5, 5.41) is 5.13. The van der Waals surface area contributed by atoms with E-state index in [9.17, 15) is 0 Å². The van der Waals surface area contributed by atoms with Crippen molar-refractivity contribution in [2.75, 3.05) is 51.8 Å². The van der Waals surface area contributed by atoms with Crippen molar-refractivity contribution in [3.05, 3.63) is 58.9 Å². The molecule has 4 rings (SSSR count). The summed E-state index contributed by atoms with van der Waals surface area (Å²) in [6.07, 6.45) is 4.95. The van der Waals surface area contributed by atoms with Gasteiger partial charge in [0.25, 0.3) is 0 Å². The molecule has 0 amide bonds. The number of halogens is 1. The van der Waals surface area contributed by atoms with Gasteiger partial charge < -0.3 is 14.8 Å². The molecule has 1 aromatic heterocycles. The molecular formula is C24H27ClN4O2. The first kappa shape index (κ1) is 21.6. The molecule has 3 aromatic rings. The van der Waals surface area contributed by atoms with Gasteiger partial charge in [-0.3, -0.25) is 4.90 Å². The molecule has 0 spiro atoms. The molecule has 0 bridgehead atoms. The van der Waals surface area contributed by atoms with Crippen LogP contribution >= 0.6 is 11.6 Å². The molecule has 7 heteroatoms. The molecule has 162 valence electrons. The Morgan fingerprint density at radius 2 is 1.90 bits per heavy atom. The van der Waals surface area contributed by atoms with Crippen LogP contribution in [0.5, 0.6) is 5.75 Å². The molecule has 1 N–H and O–H groups in total. The quantitative estimate of drug-likeness (QED) is 0.519. The number of morpholine rings is 1. The van der Waals surface area contributed by atoms with Gasteiger partial charge in [-0.25, -0.2) is 9.97 Å². The Hall–Kier alpha value is -2.67. The number of anilines is 1. The number of fused-ring (bicyclic) bond motifs is 1. The van der Waals surface area contributed by atoms with Crippen LogP contribution in [0.15, 0.2) is 42.5 Å². The third-order valence-corrected chi connectivity index (χ3v) is 5.50. The average molecular weight is 439 g/mol. The van der Waals surface area contributed by atoms with Gasteiger partial charge in [0.15, 0.2) is 5.82 Å². The highest BCUT2D eigenvalue weighted by molar-refractivity contribution is 6.31. The number of hydrogen-bond donors (Lipinski definition) is 1. The number of aromatic nitrogens is 2. The maximum Gasteiger partial charge on any atom is 0.154 e. The number of nitrogens with zero attached hydrogens (tertiary/aromatic N) is 3. The second kappa shape index (κ2) is 10.6. The van der Waals surface area contributed by atoms with Crippen LogP contribution in [0, 0.1) is 0 Å². The van der Waals surface area contributed by atoms with Crippen LogP contribution in [0.4, 0.5) is 5.82 Å². The van der Waals surface area contributed by atoms with Gasteiger partial charge >= 0.3 is 0 Å². The smallest absolute Gasteiger partial charge is 0.154 e. The van der Waals surface area contributed by atoms with Crippen molar-refractivity contribution in [1.29, 1.82) is 0 Å². The van der Waals surface area contributed by atoms with Gasteiger partial charge in [-0.15, -0.1) is 0 Å². The number of rotatable bonds is 8. The van der Waals surface area contributed by atoms with Crippen molar-refractivity contribution in [3.8, 4) is 5.75 Å². The van der Waals surface area contributed by atoms with Crippen LogP contribution in [-0.2, 0) is 4.74 Å². The van der Waals surface area contributed by atoms with Crippen LogP contribution in [0.2, 0.25) is 5.02 Å². The van der Waals surface area contributed by atoms with Crippen LogP contribution in [0.25, 0.3) is 23.1 Å². The number of ether oxygens (including phenoxy) is 2. The third-order valence-electron chi connectivity index (χ3n) is 5.26. The van der Waals surface area contributed by atoms with Gasteiger partial charge in [0, 0.05) is 30.0 Å². The van der Waals surface area contributed by atoms with Gasteiger partial charge in [0.1, 0.15) is 11.6 Å². The van der Waals surface area contributed by atoms with Crippen LogP contribution in [-0.4, -0.2) is 61.4 Å². The molecule has 0 saturated carbocycles. The highest BCUT2D eigenvalue weighted by Gasteiger charge is 2.10. The largest absolute Gasteiger partial charge is 0.497 e. The molecule has 0 radical (unpaired) electrons. The van der Waals surface area contributed by atoms with Crippen molar-refractivity contribution >= 4 is 40.5 Å². The minimum Gasteiger partial charge on any atom is -0.497 e.